The third-order valence-electron chi connectivity index (χ3n) is 19.0. The van der Waals surface area contributed by atoms with E-state index in [1.54, 1.807) is 0 Å². The fourth-order valence-corrected chi connectivity index (χ4v) is 14.3. The zero-order chi connectivity index (χ0) is 55.5. The number of fused-ring (bicyclic) bond motifs is 7. The minimum atomic E-state index is -1.24. The van der Waals surface area contributed by atoms with Crippen LogP contribution in [0.3, 0.4) is 0 Å². The molecule has 0 unspecified atom stereocenters. The SMILES string of the molecule is Bc1c(B)c(B)c(N(c2ccc3c(c2)N(c2ccc4c(c2)C(C)(C)c2ccccc2-4)c2cc(S(C)(C)C)cc4c2B3c2cc(C(C)(C)C)ccc2N4c2ccc(C(C)(C)C)cc2)c2c(B)c(B)c(B)c(B)c2B)c(B)c1B. The van der Waals surface area contributed by atoms with E-state index in [4.69, 9.17) is 0 Å². The van der Waals surface area contributed by atoms with E-state index in [1.165, 1.54) is 160 Å². The summed E-state index contributed by atoms with van der Waals surface area (Å²) in [5.41, 5.74) is 36.6. The van der Waals surface area contributed by atoms with Gasteiger partial charge >= 0.3 is 0 Å². The quantitative estimate of drug-likeness (QED) is 0.175. The van der Waals surface area contributed by atoms with Crippen LogP contribution in [0.15, 0.2) is 120 Å². The fraction of sp³-hybridized carbons (Fsp3) is 0.226. The van der Waals surface area contributed by atoms with Crippen molar-refractivity contribution in [3.8, 4) is 11.1 Å². The number of benzene rings is 8. The predicted molar refractivity (Wildman–Crippen MR) is 376 cm³/mol. The Morgan fingerprint density at radius 1 is 0.442 bits per heavy atom. The van der Waals surface area contributed by atoms with Crippen molar-refractivity contribution in [2.24, 2.45) is 0 Å². The molecule has 8 aromatic carbocycles. The molecule has 0 N–H and O–H groups in total. The molecule has 0 aromatic heterocycles. The summed E-state index contributed by atoms with van der Waals surface area (Å²) in [4.78, 5) is 9.36. The van der Waals surface area contributed by atoms with Crippen molar-refractivity contribution < 1.29 is 0 Å². The first-order valence-electron chi connectivity index (χ1n) is 28.1. The number of anilines is 9. The molecule has 0 fully saturated rings. The lowest BCUT2D eigenvalue weighted by Crippen LogP contribution is -2.61. The Bertz CT molecular complexity index is 3710. The van der Waals surface area contributed by atoms with Gasteiger partial charge in [0, 0.05) is 56.6 Å². The summed E-state index contributed by atoms with van der Waals surface area (Å²) in [6.07, 6.45) is 7.39. The molecule has 0 atom stereocenters. The number of hydrogen-bond acceptors (Lipinski definition) is 3. The average molecular weight is 1010 g/mol. The third kappa shape index (κ3) is 8.15. The number of hydrogen-bond donors (Lipinski definition) is 0. The monoisotopic (exact) mass is 1010 g/mol. The molecule has 3 nitrogen and oxygen atoms in total. The van der Waals surface area contributed by atoms with Crippen LogP contribution in [0.1, 0.15) is 77.6 Å². The highest BCUT2D eigenvalue weighted by Crippen LogP contribution is 2.55. The van der Waals surface area contributed by atoms with E-state index < -0.39 is 10.0 Å². The van der Waals surface area contributed by atoms with Crippen LogP contribution in [-0.4, -0.2) is 104 Å². The second-order valence-corrected chi connectivity index (χ2v) is 30.7. The Morgan fingerprint density at radius 3 is 1.45 bits per heavy atom. The number of rotatable bonds is 6. The Hall–Kier alpha value is -5.78. The van der Waals surface area contributed by atoms with Crippen LogP contribution >= 0.6 is 10.0 Å². The molecule has 0 bridgehead atoms. The van der Waals surface area contributed by atoms with Crippen molar-refractivity contribution >= 4 is 217 Å². The van der Waals surface area contributed by atoms with Gasteiger partial charge in [-0.05, 0) is 139 Å². The van der Waals surface area contributed by atoms with Gasteiger partial charge in [-0.3, -0.25) is 0 Å². The molecule has 1 aliphatic carbocycles. The third-order valence-corrected chi connectivity index (χ3v) is 20.7. The maximum Gasteiger partial charge on any atom is 0.252 e. The van der Waals surface area contributed by atoms with Gasteiger partial charge in [0.25, 0.3) is 6.71 Å². The summed E-state index contributed by atoms with van der Waals surface area (Å²) in [7, 11) is 22.1. The van der Waals surface area contributed by atoms with Crippen LogP contribution in [0, 0.1) is 0 Å². The summed E-state index contributed by atoms with van der Waals surface area (Å²) in [6, 6.07) is 46.1. The molecule has 8 aromatic rings. The molecule has 2 aliphatic heterocycles. The Kier molecular flexibility index (Phi) is 12.5. The summed E-state index contributed by atoms with van der Waals surface area (Å²) >= 11 is 0. The lowest BCUT2D eigenvalue weighted by atomic mass is 9.33. The van der Waals surface area contributed by atoms with Gasteiger partial charge in [-0.1, -0.05) is 160 Å². The van der Waals surface area contributed by atoms with Crippen LogP contribution in [0.25, 0.3) is 11.1 Å². The summed E-state index contributed by atoms with van der Waals surface area (Å²) in [5, 5.41) is 0. The van der Waals surface area contributed by atoms with E-state index >= 15 is 0 Å². The lowest BCUT2D eigenvalue weighted by Gasteiger charge is -2.46. The lowest BCUT2D eigenvalue weighted by molar-refractivity contribution is 0.590. The molecule has 0 amide bonds. The van der Waals surface area contributed by atoms with Crippen molar-refractivity contribution in [2.75, 3.05) is 33.5 Å². The van der Waals surface area contributed by atoms with Crippen molar-refractivity contribution in [3.05, 3.63) is 138 Å². The Labute approximate surface area is 473 Å². The van der Waals surface area contributed by atoms with Crippen molar-refractivity contribution in [3.63, 3.8) is 0 Å². The first-order valence-corrected chi connectivity index (χ1v) is 30.9. The first-order chi connectivity index (χ1) is 36.0. The van der Waals surface area contributed by atoms with Crippen LogP contribution in [-0.2, 0) is 16.2 Å². The van der Waals surface area contributed by atoms with Gasteiger partial charge in [0.05, 0.1) is 0 Å². The molecule has 0 saturated carbocycles. The fourth-order valence-electron chi connectivity index (χ4n) is 13.4. The van der Waals surface area contributed by atoms with E-state index in [9.17, 15) is 0 Å². The highest BCUT2D eigenvalue weighted by molar-refractivity contribution is 8.32. The topological polar surface area (TPSA) is 9.72 Å². The second-order valence-electron chi connectivity index (χ2n) is 26.6. The molecular weight excluding hydrogens is 938 g/mol. The minimum absolute atomic E-state index is 0.0324. The maximum absolute atomic E-state index is 2.69. The molecule has 3 aliphatic rings. The summed E-state index contributed by atoms with van der Waals surface area (Å²) in [6.45, 7) is 18.8. The van der Waals surface area contributed by atoms with Gasteiger partial charge in [0.2, 0.25) is 0 Å². The van der Waals surface area contributed by atoms with Gasteiger partial charge in [0.1, 0.15) is 78.5 Å². The highest BCUT2D eigenvalue weighted by Gasteiger charge is 2.46. The molecule has 15 heteroatoms. The van der Waals surface area contributed by atoms with E-state index in [0.717, 1.165) is 0 Å². The summed E-state index contributed by atoms with van der Waals surface area (Å²) < 4.78 is 0. The maximum atomic E-state index is 2.69. The van der Waals surface area contributed by atoms with Gasteiger partial charge < -0.3 is 14.7 Å². The van der Waals surface area contributed by atoms with Crippen LogP contribution < -0.4 is 85.7 Å². The van der Waals surface area contributed by atoms with E-state index in [1.807, 2.05) is 0 Å². The average Bonchev–Trinajstić information content (AvgIpc) is 3.62. The molecule has 374 valence electrons. The van der Waals surface area contributed by atoms with Crippen molar-refractivity contribution in [2.45, 2.75) is 76.5 Å². The van der Waals surface area contributed by atoms with Crippen LogP contribution in [0.5, 0.6) is 0 Å². The number of nitrogens with zero attached hydrogens (tertiary/aromatic N) is 3. The van der Waals surface area contributed by atoms with Gasteiger partial charge in [0.15, 0.2) is 0 Å². The van der Waals surface area contributed by atoms with Crippen molar-refractivity contribution in [1.29, 1.82) is 0 Å². The predicted octanol–water partition coefficient (Wildman–Crippen LogP) is -2.22. The molecule has 0 radical (unpaired) electrons. The smallest absolute Gasteiger partial charge is 0.252 e. The molecule has 2 heterocycles. The van der Waals surface area contributed by atoms with Crippen LogP contribution in [0.4, 0.5) is 51.2 Å². The summed E-state index contributed by atoms with van der Waals surface area (Å²) in [5.74, 6) is 0. The molecule has 0 saturated heterocycles. The largest absolute Gasteiger partial charge is 0.313 e. The normalized spacial score (nSPS) is 14.4. The van der Waals surface area contributed by atoms with Crippen molar-refractivity contribution in [1.82, 2.24) is 0 Å². The van der Waals surface area contributed by atoms with Gasteiger partial charge in [-0.25, -0.2) is 10.0 Å². The Morgan fingerprint density at radius 2 is 0.922 bits per heavy atom. The van der Waals surface area contributed by atoms with E-state index in [0.29, 0.717) is 0 Å². The first kappa shape index (κ1) is 53.2. The van der Waals surface area contributed by atoms with Gasteiger partial charge in [-0.15, -0.1) is 10.9 Å². The highest BCUT2D eigenvalue weighted by atomic mass is 32.3. The Balaban J connectivity index is 1.29. The standard InChI is InChI=1S/C62H72B11N3S/c1-60(2,3)31-16-19-33(20-17-31)74-43-25-18-32(61(4,5)6)26-42(43)73-41-24-22-35(76(58-53(69)49(65)47(63)50(66)54(58)70)59-55(71)51(67)48(64)52(68)56(59)72)28-44(41)75(46-30-36(77(9,10)11)29-45(74)57(46)73)34-21-23-38-37-14-12-13-15-39(37)62(7,8)40(38)27-34/h12-30H,63-72H2,1-11H3. The molecule has 0 spiro atoms. The van der Waals surface area contributed by atoms with Crippen LogP contribution in [0.2, 0.25) is 0 Å². The minimum Gasteiger partial charge on any atom is -0.313 e. The zero-order valence-electron chi connectivity index (χ0n) is 50.3. The van der Waals surface area contributed by atoms with E-state index in [2.05, 4.69) is 283 Å². The zero-order valence-corrected chi connectivity index (χ0v) is 51.1. The molecule has 77 heavy (non-hydrogen) atoms. The van der Waals surface area contributed by atoms with Gasteiger partial charge in [-0.2, -0.15) is 0 Å². The molecule has 11 rings (SSSR count). The second kappa shape index (κ2) is 18.1. The van der Waals surface area contributed by atoms with E-state index in [-0.39, 0.29) is 23.0 Å². The molecular formula is C62H72B11N3S.